The number of carbonyl (C=O) groups excluding carboxylic acids is 1. The molecule has 1 aromatic rings. The van der Waals surface area contributed by atoms with Crippen molar-refractivity contribution in [1.29, 1.82) is 0 Å². The number of amides is 1. The Morgan fingerprint density at radius 2 is 2.41 bits per heavy atom. The van der Waals surface area contributed by atoms with E-state index in [0.29, 0.717) is 11.8 Å². The van der Waals surface area contributed by atoms with E-state index in [4.69, 9.17) is 4.52 Å². The number of nitrogens with one attached hydrogen (secondary N) is 1. The standard InChI is InChI=1S/C11H17N3O2.ClH/c1-8-6-10(16-13-8)11(15)14-5-3-4-9(7-14)12-2;/h6,9,12H,3-5,7H2,1-2H3;1H. The van der Waals surface area contributed by atoms with Gasteiger partial charge in [-0.3, -0.25) is 4.79 Å². The first-order chi connectivity index (χ1) is 7.70. The van der Waals surface area contributed by atoms with Crippen LogP contribution in [-0.4, -0.2) is 42.1 Å². The van der Waals surface area contributed by atoms with Crippen LogP contribution in [0.2, 0.25) is 0 Å². The molecule has 17 heavy (non-hydrogen) atoms. The van der Waals surface area contributed by atoms with Gasteiger partial charge < -0.3 is 14.7 Å². The van der Waals surface area contributed by atoms with Crippen LogP contribution in [0, 0.1) is 6.92 Å². The molecule has 2 heterocycles. The molecule has 0 bridgehead atoms. The minimum Gasteiger partial charge on any atom is -0.351 e. The van der Waals surface area contributed by atoms with Gasteiger partial charge in [-0.25, -0.2) is 0 Å². The van der Waals surface area contributed by atoms with Gasteiger partial charge in [-0.1, -0.05) is 5.16 Å². The third kappa shape index (κ3) is 3.20. The summed E-state index contributed by atoms with van der Waals surface area (Å²) in [4.78, 5) is 13.9. The van der Waals surface area contributed by atoms with E-state index in [1.54, 1.807) is 6.07 Å². The summed E-state index contributed by atoms with van der Waals surface area (Å²) in [5.74, 6) is 0.287. The molecule has 0 saturated carbocycles. The Balaban J connectivity index is 0.00000144. The summed E-state index contributed by atoms with van der Waals surface area (Å²) in [6, 6.07) is 2.08. The van der Waals surface area contributed by atoms with E-state index in [1.807, 2.05) is 18.9 Å². The lowest BCUT2D eigenvalue weighted by molar-refractivity contribution is 0.0656. The number of aromatic nitrogens is 1. The Bertz CT molecular complexity index is 381. The van der Waals surface area contributed by atoms with Gasteiger partial charge >= 0.3 is 0 Å². The van der Waals surface area contributed by atoms with Crippen molar-refractivity contribution in [2.75, 3.05) is 20.1 Å². The highest BCUT2D eigenvalue weighted by Gasteiger charge is 2.25. The minimum absolute atomic E-state index is 0. The lowest BCUT2D eigenvalue weighted by Gasteiger charge is -2.31. The number of hydrogen-bond acceptors (Lipinski definition) is 4. The zero-order chi connectivity index (χ0) is 11.5. The van der Waals surface area contributed by atoms with Gasteiger partial charge in [-0.05, 0) is 26.8 Å². The third-order valence-electron chi connectivity index (χ3n) is 2.96. The number of hydrogen-bond donors (Lipinski definition) is 1. The van der Waals surface area contributed by atoms with Crippen LogP contribution < -0.4 is 5.32 Å². The Labute approximate surface area is 107 Å². The van der Waals surface area contributed by atoms with E-state index in [0.717, 1.165) is 31.6 Å². The van der Waals surface area contributed by atoms with Gasteiger partial charge in [0.05, 0.1) is 5.69 Å². The van der Waals surface area contributed by atoms with Crippen molar-refractivity contribution in [3.05, 3.63) is 17.5 Å². The van der Waals surface area contributed by atoms with Gasteiger partial charge in [-0.2, -0.15) is 0 Å². The molecule has 0 radical (unpaired) electrons. The molecule has 1 amide bonds. The van der Waals surface area contributed by atoms with E-state index in [1.165, 1.54) is 0 Å². The van der Waals surface area contributed by atoms with Crippen molar-refractivity contribution in [2.45, 2.75) is 25.8 Å². The first-order valence-electron chi connectivity index (χ1n) is 5.60. The molecule has 1 aromatic heterocycles. The van der Waals surface area contributed by atoms with E-state index in [9.17, 15) is 4.79 Å². The van der Waals surface area contributed by atoms with Crippen LogP contribution >= 0.6 is 12.4 Å². The van der Waals surface area contributed by atoms with Crippen LogP contribution in [0.5, 0.6) is 0 Å². The molecular weight excluding hydrogens is 242 g/mol. The first-order valence-corrected chi connectivity index (χ1v) is 5.60. The van der Waals surface area contributed by atoms with Crippen molar-refractivity contribution < 1.29 is 9.32 Å². The summed E-state index contributed by atoms with van der Waals surface area (Å²) in [6.07, 6.45) is 2.15. The second-order valence-corrected chi connectivity index (χ2v) is 4.21. The average molecular weight is 260 g/mol. The summed E-state index contributed by atoms with van der Waals surface area (Å²) < 4.78 is 4.99. The van der Waals surface area contributed by atoms with E-state index in [2.05, 4.69) is 10.5 Å². The Hall–Kier alpha value is -1.07. The molecule has 96 valence electrons. The number of likely N-dealkylation sites (tertiary alicyclic amines) is 1. The van der Waals surface area contributed by atoms with Crippen molar-refractivity contribution >= 4 is 18.3 Å². The number of halogens is 1. The fourth-order valence-corrected chi connectivity index (χ4v) is 2.02. The van der Waals surface area contributed by atoms with Gasteiger partial charge in [0.2, 0.25) is 5.76 Å². The van der Waals surface area contributed by atoms with Crippen LogP contribution in [0.3, 0.4) is 0 Å². The monoisotopic (exact) mass is 259 g/mol. The van der Waals surface area contributed by atoms with Crippen LogP contribution in [0.1, 0.15) is 29.1 Å². The SMILES string of the molecule is CNC1CCCN(C(=O)c2cc(C)no2)C1.Cl. The molecule has 5 nitrogen and oxygen atoms in total. The second kappa shape index (κ2) is 6.02. The molecule has 1 saturated heterocycles. The highest BCUT2D eigenvalue weighted by Crippen LogP contribution is 2.14. The maximum Gasteiger partial charge on any atom is 0.292 e. The molecule has 0 aliphatic carbocycles. The Kier molecular flexibility index (Phi) is 4.96. The first kappa shape index (κ1) is 14.0. The maximum atomic E-state index is 12.0. The normalized spacial score (nSPS) is 19.9. The number of piperidine rings is 1. The molecule has 1 fully saturated rings. The lowest BCUT2D eigenvalue weighted by atomic mass is 10.1. The fourth-order valence-electron chi connectivity index (χ4n) is 2.02. The molecule has 1 aliphatic rings. The largest absolute Gasteiger partial charge is 0.351 e. The quantitative estimate of drug-likeness (QED) is 0.868. The predicted molar refractivity (Wildman–Crippen MR) is 66.5 cm³/mol. The zero-order valence-corrected chi connectivity index (χ0v) is 10.9. The number of likely N-dealkylation sites (N-methyl/N-ethyl adjacent to an activating group) is 1. The van der Waals surface area contributed by atoms with Gasteiger partial charge in [0.15, 0.2) is 0 Å². The molecule has 1 atom stereocenters. The third-order valence-corrected chi connectivity index (χ3v) is 2.96. The zero-order valence-electron chi connectivity index (χ0n) is 10.1. The van der Waals surface area contributed by atoms with E-state index < -0.39 is 0 Å². The fraction of sp³-hybridized carbons (Fsp3) is 0.636. The van der Waals surface area contributed by atoms with Crippen LogP contribution in [0.25, 0.3) is 0 Å². The van der Waals surface area contributed by atoms with E-state index in [-0.39, 0.29) is 18.3 Å². The minimum atomic E-state index is -0.0550. The summed E-state index contributed by atoms with van der Waals surface area (Å²) in [5.41, 5.74) is 0.741. The van der Waals surface area contributed by atoms with Gasteiger partial charge in [-0.15, -0.1) is 12.4 Å². The highest BCUT2D eigenvalue weighted by molar-refractivity contribution is 5.91. The van der Waals surface area contributed by atoms with Gasteiger partial charge in [0.1, 0.15) is 0 Å². The Morgan fingerprint density at radius 3 is 3.00 bits per heavy atom. The molecule has 6 heteroatoms. The Morgan fingerprint density at radius 1 is 1.65 bits per heavy atom. The summed E-state index contributed by atoms with van der Waals surface area (Å²) >= 11 is 0. The molecule has 1 N–H and O–H groups in total. The van der Waals surface area contributed by atoms with Crippen molar-refractivity contribution in [3.63, 3.8) is 0 Å². The molecule has 0 aromatic carbocycles. The predicted octanol–water partition coefficient (Wildman–Crippen LogP) is 1.23. The van der Waals surface area contributed by atoms with Crippen LogP contribution in [0.15, 0.2) is 10.6 Å². The number of nitrogens with zero attached hydrogens (tertiary/aromatic N) is 2. The molecule has 1 unspecified atom stereocenters. The molecule has 1 aliphatic heterocycles. The molecular formula is C11H18ClN3O2. The summed E-state index contributed by atoms with van der Waals surface area (Å²) in [6.45, 7) is 3.36. The molecule has 2 rings (SSSR count). The maximum absolute atomic E-state index is 12.0. The highest BCUT2D eigenvalue weighted by atomic mass is 35.5. The number of rotatable bonds is 2. The van der Waals surface area contributed by atoms with Crippen molar-refractivity contribution in [3.8, 4) is 0 Å². The van der Waals surface area contributed by atoms with Crippen molar-refractivity contribution in [1.82, 2.24) is 15.4 Å². The van der Waals surface area contributed by atoms with Crippen LogP contribution in [0.4, 0.5) is 0 Å². The number of carbonyl (C=O) groups is 1. The molecule has 0 spiro atoms. The second-order valence-electron chi connectivity index (χ2n) is 4.21. The van der Waals surface area contributed by atoms with Gasteiger partial charge in [0, 0.05) is 25.2 Å². The summed E-state index contributed by atoms with van der Waals surface area (Å²) in [7, 11) is 1.93. The lowest BCUT2D eigenvalue weighted by Crippen LogP contribution is -2.46. The number of aryl methyl sites for hydroxylation is 1. The topological polar surface area (TPSA) is 58.4 Å². The average Bonchev–Trinajstić information content (AvgIpc) is 2.75. The van der Waals surface area contributed by atoms with Crippen LogP contribution in [-0.2, 0) is 0 Å². The van der Waals surface area contributed by atoms with E-state index >= 15 is 0 Å². The van der Waals surface area contributed by atoms with Crippen molar-refractivity contribution in [2.24, 2.45) is 0 Å². The van der Waals surface area contributed by atoms with Gasteiger partial charge in [0.25, 0.3) is 5.91 Å². The summed E-state index contributed by atoms with van der Waals surface area (Å²) in [5, 5.41) is 6.94. The smallest absolute Gasteiger partial charge is 0.292 e.